The average molecular weight is 241 g/mol. The van der Waals surface area contributed by atoms with Crippen molar-refractivity contribution < 1.29 is 26.7 Å². The third-order valence-corrected chi connectivity index (χ3v) is 1.90. The van der Waals surface area contributed by atoms with Gasteiger partial charge in [0.15, 0.2) is 0 Å². The predicted octanol–water partition coefficient (Wildman–Crippen LogP) is 3.36. The van der Waals surface area contributed by atoms with Gasteiger partial charge in [0.2, 0.25) is 5.88 Å². The molecule has 0 amide bonds. The lowest BCUT2D eigenvalue weighted by molar-refractivity contribution is -0.139. The molecule has 16 heavy (non-hydrogen) atoms. The van der Waals surface area contributed by atoms with E-state index in [4.69, 9.17) is 0 Å². The molecule has 0 aliphatic heterocycles. The van der Waals surface area contributed by atoms with E-state index in [9.17, 15) is 22.0 Å². The molecule has 1 rings (SSSR count). The molecule has 7 heteroatoms. The van der Waals surface area contributed by atoms with Crippen LogP contribution in [0, 0.1) is 6.92 Å². The van der Waals surface area contributed by atoms with E-state index in [1.165, 1.54) is 0 Å². The van der Waals surface area contributed by atoms with E-state index in [1.807, 2.05) is 0 Å². The monoisotopic (exact) mass is 241 g/mol. The number of hydrogen-bond acceptors (Lipinski definition) is 2. The summed E-state index contributed by atoms with van der Waals surface area (Å²) in [4.78, 5) is 3.13. The molecule has 0 fully saturated rings. The number of hydrogen-bond donors (Lipinski definition) is 0. The number of pyridine rings is 1. The number of halogens is 5. The van der Waals surface area contributed by atoms with Crippen LogP contribution in [0.1, 0.15) is 23.2 Å². The first-order valence-corrected chi connectivity index (χ1v) is 4.18. The first kappa shape index (κ1) is 12.7. The van der Waals surface area contributed by atoms with Gasteiger partial charge in [0.1, 0.15) is 11.3 Å². The highest BCUT2D eigenvalue weighted by molar-refractivity contribution is 5.38. The van der Waals surface area contributed by atoms with Crippen LogP contribution in [0.4, 0.5) is 22.0 Å². The fourth-order valence-corrected chi connectivity index (χ4v) is 1.27. The van der Waals surface area contributed by atoms with Gasteiger partial charge in [0, 0.05) is 0 Å². The van der Waals surface area contributed by atoms with Crippen LogP contribution in [-0.2, 0) is 6.18 Å². The summed E-state index contributed by atoms with van der Waals surface area (Å²) < 4.78 is 66.5. The topological polar surface area (TPSA) is 22.1 Å². The Balaban J connectivity index is 3.41. The molecule has 0 spiro atoms. The van der Waals surface area contributed by atoms with Crippen LogP contribution < -0.4 is 4.74 Å². The van der Waals surface area contributed by atoms with Crippen molar-refractivity contribution in [2.75, 3.05) is 7.11 Å². The molecule has 0 atom stereocenters. The maximum atomic E-state index is 12.5. The normalized spacial score (nSPS) is 12.0. The van der Waals surface area contributed by atoms with Crippen molar-refractivity contribution in [2.24, 2.45) is 0 Å². The fraction of sp³-hybridized carbons (Fsp3) is 0.444. The largest absolute Gasteiger partial charge is 0.481 e. The van der Waals surface area contributed by atoms with Gasteiger partial charge in [-0.15, -0.1) is 0 Å². The van der Waals surface area contributed by atoms with Crippen LogP contribution >= 0.6 is 0 Å². The number of nitrogens with zero attached hydrogens (tertiary/aromatic N) is 1. The molecule has 0 aliphatic carbocycles. The highest BCUT2D eigenvalue weighted by atomic mass is 19.4. The lowest BCUT2D eigenvalue weighted by atomic mass is 10.1. The van der Waals surface area contributed by atoms with E-state index in [2.05, 4.69) is 9.72 Å². The summed E-state index contributed by atoms with van der Waals surface area (Å²) in [5, 5.41) is 0. The van der Waals surface area contributed by atoms with Gasteiger partial charge >= 0.3 is 6.18 Å². The lowest BCUT2D eigenvalue weighted by Gasteiger charge is -2.14. The summed E-state index contributed by atoms with van der Waals surface area (Å²) in [6, 6.07) is 0.704. The van der Waals surface area contributed by atoms with Crippen molar-refractivity contribution in [3.63, 3.8) is 0 Å². The van der Waals surface area contributed by atoms with Gasteiger partial charge in [0.25, 0.3) is 6.43 Å². The molecule has 0 saturated heterocycles. The Labute approximate surface area is 88.1 Å². The number of alkyl halides is 5. The molecule has 1 aromatic heterocycles. The Morgan fingerprint density at radius 2 is 1.88 bits per heavy atom. The van der Waals surface area contributed by atoms with Crippen LogP contribution in [0.2, 0.25) is 0 Å². The van der Waals surface area contributed by atoms with Crippen molar-refractivity contribution in [3.05, 3.63) is 22.9 Å². The Morgan fingerprint density at radius 3 is 2.25 bits per heavy atom. The molecule has 0 aromatic carbocycles. The molecule has 2 nitrogen and oxygen atoms in total. The molecular formula is C9H8F5NO. The molecule has 1 heterocycles. The summed E-state index contributed by atoms with van der Waals surface area (Å²) in [6.07, 6.45) is -7.61. The summed E-state index contributed by atoms with van der Waals surface area (Å²) in [5.74, 6) is -0.831. The second kappa shape index (κ2) is 4.23. The van der Waals surface area contributed by atoms with Gasteiger partial charge < -0.3 is 4.74 Å². The van der Waals surface area contributed by atoms with Crippen molar-refractivity contribution in [2.45, 2.75) is 19.5 Å². The second-order valence-corrected chi connectivity index (χ2v) is 3.05. The van der Waals surface area contributed by atoms with Gasteiger partial charge in [-0.05, 0) is 18.6 Å². The summed E-state index contributed by atoms with van der Waals surface area (Å²) in [6.45, 7) is 1.08. The standard InChI is InChI=1S/C9H8F5NO/c1-4-3-5(7(10)11)15-8(16-2)6(4)9(12,13)14/h3,7H,1-2H3. The molecule has 0 bridgehead atoms. The maximum Gasteiger partial charge on any atom is 0.421 e. The zero-order valence-corrected chi connectivity index (χ0v) is 8.40. The van der Waals surface area contributed by atoms with Crippen molar-refractivity contribution in [1.29, 1.82) is 0 Å². The molecule has 90 valence electrons. The van der Waals surface area contributed by atoms with Crippen LogP contribution in [0.15, 0.2) is 6.07 Å². The number of aromatic nitrogens is 1. The van der Waals surface area contributed by atoms with Gasteiger partial charge in [0.05, 0.1) is 7.11 Å². The Hall–Kier alpha value is -1.40. The highest BCUT2D eigenvalue weighted by Gasteiger charge is 2.37. The summed E-state index contributed by atoms with van der Waals surface area (Å²) in [5.41, 5.74) is -2.20. The van der Waals surface area contributed by atoms with Crippen molar-refractivity contribution in [3.8, 4) is 5.88 Å². The van der Waals surface area contributed by atoms with E-state index in [0.717, 1.165) is 14.0 Å². The Bertz CT molecular complexity index is 388. The SMILES string of the molecule is COc1nc(C(F)F)cc(C)c1C(F)(F)F. The fourth-order valence-electron chi connectivity index (χ4n) is 1.27. The van der Waals surface area contributed by atoms with Crippen molar-refractivity contribution >= 4 is 0 Å². The number of ether oxygens (including phenoxy) is 1. The van der Waals surface area contributed by atoms with E-state index >= 15 is 0 Å². The van der Waals surface area contributed by atoms with Crippen LogP contribution in [0.25, 0.3) is 0 Å². The number of aryl methyl sites for hydroxylation is 1. The third-order valence-electron chi connectivity index (χ3n) is 1.90. The van der Waals surface area contributed by atoms with Crippen LogP contribution in [-0.4, -0.2) is 12.1 Å². The molecule has 1 aromatic rings. The van der Waals surface area contributed by atoms with E-state index < -0.39 is 29.7 Å². The van der Waals surface area contributed by atoms with Crippen LogP contribution in [0.3, 0.4) is 0 Å². The number of rotatable bonds is 2. The Kier molecular flexibility index (Phi) is 3.35. The van der Waals surface area contributed by atoms with E-state index in [0.29, 0.717) is 6.07 Å². The third kappa shape index (κ3) is 2.40. The lowest BCUT2D eigenvalue weighted by Crippen LogP contribution is -2.12. The minimum atomic E-state index is -4.68. The molecule has 0 radical (unpaired) electrons. The maximum absolute atomic E-state index is 12.5. The van der Waals surface area contributed by atoms with Gasteiger partial charge in [-0.1, -0.05) is 0 Å². The van der Waals surface area contributed by atoms with Gasteiger partial charge in [-0.2, -0.15) is 13.2 Å². The van der Waals surface area contributed by atoms with Crippen molar-refractivity contribution in [1.82, 2.24) is 4.98 Å². The summed E-state index contributed by atoms with van der Waals surface area (Å²) >= 11 is 0. The molecule has 0 unspecified atom stereocenters. The van der Waals surface area contributed by atoms with E-state index in [-0.39, 0.29) is 5.56 Å². The van der Waals surface area contributed by atoms with Gasteiger partial charge in [-0.25, -0.2) is 13.8 Å². The predicted molar refractivity (Wildman–Crippen MR) is 45.5 cm³/mol. The molecular weight excluding hydrogens is 233 g/mol. The van der Waals surface area contributed by atoms with E-state index in [1.54, 1.807) is 0 Å². The van der Waals surface area contributed by atoms with Crippen LogP contribution in [0.5, 0.6) is 5.88 Å². The molecule has 0 aliphatic rings. The Morgan fingerprint density at radius 1 is 1.31 bits per heavy atom. The first-order chi connectivity index (χ1) is 7.27. The average Bonchev–Trinajstić information content (AvgIpc) is 2.14. The summed E-state index contributed by atoms with van der Waals surface area (Å²) in [7, 11) is 0.951. The first-order valence-electron chi connectivity index (χ1n) is 4.18. The molecule has 0 N–H and O–H groups in total. The smallest absolute Gasteiger partial charge is 0.421 e. The zero-order chi connectivity index (χ0) is 12.5. The zero-order valence-electron chi connectivity index (χ0n) is 8.40. The van der Waals surface area contributed by atoms with Gasteiger partial charge in [-0.3, -0.25) is 0 Å². The quantitative estimate of drug-likeness (QED) is 0.740. The number of methoxy groups -OCH3 is 1. The minimum absolute atomic E-state index is 0.338. The molecule has 0 saturated carbocycles. The highest BCUT2D eigenvalue weighted by Crippen LogP contribution is 2.38. The second-order valence-electron chi connectivity index (χ2n) is 3.05. The minimum Gasteiger partial charge on any atom is -0.481 e.